The summed E-state index contributed by atoms with van der Waals surface area (Å²) >= 11 is 5.68. The Kier molecular flexibility index (Phi) is 3.08. The first kappa shape index (κ1) is 14.2. The van der Waals surface area contributed by atoms with Crippen molar-refractivity contribution in [3.8, 4) is 0 Å². The van der Waals surface area contributed by atoms with Gasteiger partial charge in [-0.05, 0) is 6.07 Å². The number of amidine groups is 1. The highest BCUT2D eigenvalue weighted by Gasteiger charge is 2.56. The maximum absolute atomic E-state index is 13.8. The second-order valence-electron chi connectivity index (χ2n) is 6.33. The lowest BCUT2D eigenvalue weighted by Gasteiger charge is -2.58. The zero-order valence-corrected chi connectivity index (χ0v) is 12.6. The number of ether oxygens (including phenoxy) is 1. The van der Waals surface area contributed by atoms with Crippen LogP contribution >= 0.6 is 11.6 Å². The third kappa shape index (κ3) is 2.24. The Balaban J connectivity index is 1.50. The van der Waals surface area contributed by atoms with Crippen molar-refractivity contribution in [1.82, 2.24) is 4.98 Å². The summed E-state index contributed by atoms with van der Waals surface area (Å²) in [6.45, 7) is 2.18. The fraction of sp³-hybridized carbons (Fsp3) is 0.571. The maximum atomic E-state index is 13.8. The van der Waals surface area contributed by atoms with Gasteiger partial charge in [-0.3, -0.25) is 5.32 Å². The van der Waals surface area contributed by atoms with E-state index in [1.807, 2.05) is 0 Å². The topological polar surface area (TPSA) is 69.6 Å². The number of anilines is 1. The molecule has 3 saturated heterocycles. The molecule has 1 unspecified atom stereocenters. The molecule has 4 aliphatic rings. The fourth-order valence-electron chi connectivity index (χ4n) is 3.77. The number of pyridine rings is 1. The summed E-state index contributed by atoms with van der Waals surface area (Å²) in [5, 5.41) is 15.5. The van der Waals surface area contributed by atoms with Gasteiger partial charge in [0, 0.05) is 25.0 Å². The molecule has 22 heavy (non-hydrogen) atoms. The predicted octanol–water partition coefficient (Wildman–Crippen LogP) is 2.15. The number of aromatic nitrogens is 1. The van der Waals surface area contributed by atoms with E-state index in [4.69, 9.17) is 16.3 Å². The molecule has 1 atom stereocenters. The van der Waals surface area contributed by atoms with Crippen LogP contribution in [0.15, 0.2) is 17.3 Å². The van der Waals surface area contributed by atoms with Crippen molar-refractivity contribution >= 4 is 23.4 Å². The van der Waals surface area contributed by atoms with E-state index in [0.29, 0.717) is 32.1 Å². The lowest BCUT2D eigenvalue weighted by atomic mass is 9.75. The first-order valence-electron chi connectivity index (χ1n) is 7.37. The summed E-state index contributed by atoms with van der Waals surface area (Å²) in [6, 6.07) is 1.41. The molecule has 118 valence electrons. The van der Waals surface area contributed by atoms with Gasteiger partial charge in [-0.2, -0.15) is 0 Å². The summed E-state index contributed by atoms with van der Waals surface area (Å²) in [5.74, 6) is -0.207. The second-order valence-corrected chi connectivity index (χ2v) is 6.77. The van der Waals surface area contributed by atoms with E-state index in [1.165, 1.54) is 12.3 Å². The average molecular weight is 327 g/mol. The number of hydrogen-bond acceptors (Lipinski definition) is 5. The predicted molar refractivity (Wildman–Crippen MR) is 79.9 cm³/mol. The largest absolute Gasteiger partial charge is 0.633 e. The molecule has 1 spiro atoms. The molecule has 6 nitrogen and oxygen atoms in total. The smallest absolute Gasteiger partial charge is 0.291 e. The van der Waals surface area contributed by atoms with Gasteiger partial charge in [0.25, 0.3) is 6.02 Å². The Morgan fingerprint density at radius 2 is 2.23 bits per heavy atom. The molecule has 1 aromatic heterocycles. The summed E-state index contributed by atoms with van der Waals surface area (Å²) in [5.41, 5.74) is -0.538. The van der Waals surface area contributed by atoms with E-state index < -0.39 is 11.4 Å². The SMILES string of the molecule is [O-][N+]12CCC(CC1)C1(CN=C(Nc3ncc(Cl)cc3F)O1)C2. The maximum Gasteiger partial charge on any atom is 0.291 e. The highest BCUT2D eigenvalue weighted by molar-refractivity contribution is 6.30. The monoisotopic (exact) mass is 326 g/mol. The van der Waals surface area contributed by atoms with Gasteiger partial charge in [0.1, 0.15) is 6.54 Å². The Hall–Kier alpha value is -1.44. The van der Waals surface area contributed by atoms with Crippen LogP contribution in [0.1, 0.15) is 12.8 Å². The molecule has 5 rings (SSSR count). The van der Waals surface area contributed by atoms with Crippen LogP contribution in [0.2, 0.25) is 5.02 Å². The minimum atomic E-state index is -0.569. The van der Waals surface area contributed by atoms with E-state index in [-0.39, 0.29) is 21.5 Å². The molecule has 3 fully saturated rings. The standard InChI is InChI=1S/C14H16ClFN4O2/c15-10-5-11(16)12(17-6-10)19-13-18-7-14(22-13)8-20(21)3-1-9(14)2-4-20/h5-6,9H,1-4,7-8H2,(H,17,18,19). The third-order valence-corrected chi connectivity index (χ3v) is 5.10. The quantitative estimate of drug-likeness (QED) is 0.634. The Morgan fingerprint density at radius 1 is 1.45 bits per heavy atom. The molecule has 8 heteroatoms. The zero-order valence-electron chi connectivity index (χ0n) is 11.9. The number of halogens is 2. The summed E-state index contributed by atoms with van der Waals surface area (Å²) in [6.07, 6.45) is 3.07. The second kappa shape index (κ2) is 4.78. The Bertz CT molecular complexity index is 648. The van der Waals surface area contributed by atoms with Crippen LogP contribution in [0.5, 0.6) is 0 Å². The van der Waals surface area contributed by atoms with Crippen LogP contribution < -0.4 is 5.32 Å². The highest BCUT2D eigenvalue weighted by Crippen LogP contribution is 2.44. The molecule has 5 heterocycles. The van der Waals surface area contributed by atoms with Crippen LogP contribution in [0.4, 0.5) is 10.2 Å². The molecule has 4 aliphatic heterocycles. The Morgan fingerprint density at radius 3 is 2.91 bits per heavy atom. The average Bonchev–Trinajstić information content (AvgIpc) is 2.85. The molecule has 0 aromatic carbocycles. The number of quaternary nitrogens is 1. The van der Waals surface area contributed by atoms with Gasteiger partial charge < -0.3 is 14.6 Å². The van der Waals surface area contributed by atoms with E-state index in [0.717, 1.165) is 12.8 Å². The number of nitrogens with zero attached hydrogens (tertiary/aromatic N) is 3. The summed E-state index contributed by atoms with van der Waals surface area (Å²) in [4.78, 5) is 8.21. The van der Waals surface area contributed by atoms with Gasteiger partial charge >= 0.3 is 0 Å². The lowest BCUT2D eigenvalue weighted by Crippen LogP contribution is -2.67. The molecular formula is C14H16ClFN4O2. The van der Waals surface area contributed by atoms with Gasteiger partial charge in [0.15, 0.2) is 17.2 Å². The van der Waals surface area contributed by atoms with Crippen molar-refractivity contribution in [3.63, 3.8) is 0 Å². The van der Waals surface area contributed by atoms with Crippen LogP contribution in [0.3, 0.4) is 0 Å². The van der Waals surface area contributed by atoms with Crippen LogP contribution in [-0.4, -0.2) is 47.4 Å². The summed E-state index contributed by atoms with van der Waals surface area (Å²) < 4.78 is 19.5. The normalized spacial score (nSPS) is 36.3. The molecule has 1 N–H and O–H groups in total. The molecule has 0 amide bonds. The van der Waals surface area contributed by atoms with Crippen molar-refractivity contribution < 1.29 is 13.8 Å². The number of hydrogen-bond donors (Lipinski definition) is 1. The van der Waals surface area contributed by atoms with Crippen molar-refractivity contribution in [2.75, 3.05) is 31.5 Å². The van der Waals surface area contributed by atoms with Gasteiger partial charge in [0.2, 0.25) is 0 Å². The van der Waals surface area contributed by atoms with Crippen LogP contribution in [-0.2, 0) is 4.74 Å². The van der Waals surface area contributed by atoms with Crippen molar-refractivity contribution in [2.24, 2.45) is 10.9 Å². The number of fused-ring (bicyclic) bond motifs is 2. The van der Waals surface area contributed by atoms with Crippen molar-refractivity contribution in [1.29, 1.82) is 0 Å². The third-order valence-electron chi connectivity index (χ3n) is 4.89. The Labute approximate surface area is 132 Å². The number of piperidine rings is 3. The number of rotatable bonds is 1. The van der Waals surface area contributed by atoms with Crippen LogP contribution in [0.25, 0.3) is 0 Å². The molecule has 0 aliphatic carbocycles. The van der Waals surface area contributed by atoms with Gasteiger partial charge in [-0.15, -0.1) is 0 Å². The molecule has 2 bridgehead atoms. The first-order chi connectivity index (χ1) is 10.5. The summed E-state index contributed by atoms with van der Waals surface area (Å²) in [7, 11) is 0. The zero-order chi connectivity index (χ0) is 15.4. The molecule has 0 radical (unpaired) electrons. The van der Waals surface area contributed by atoms with Gasteiger partial charge in [0.05, 0.1) is 24.7 Å². The molecule has 0 saturated carbocycles. The van der Waals surface area contributed by atoms with Gasteiger partial charge in [-0.1, -0.05) is 11.6 Å². The minimum absolute atomic E-state index is 0.0208. The number of nitrogens with one attached hydrogen (secondary N) is 1. The fourth-order valence-corrected chi connectivity index (χ4v) is 3.91. The highest BCUT2D eigenvalue weighted by atomic mass is 35.5. The first-order valence-corrected chi connectivity index (χ1v) is 7.75. The van der Waals surface area contributed by atoms with E-state index in [2.05, 4.69) is 15.3 Å². The van der Waals surface area contributed by atoms with E-state index >= 15 is 0 Å². The van der Waals surface area contributed by atoms with Gasteiger partial charge in [-0.25, -0.2) is 14.4 Å². The van der Waals surface area contributed by atoms with E-state index in [1.54, 1.807) is 0 Å². The number of hydroxylamine groups is 3. The lowest BCUT2D eigenvalue weighted by molar-refractivity contribution is -0.905. The minimum Gasteiger partial charge on any atom is -0.633 e. The van der Waals surface area contributed by atoms with Crippen molar-refractivity contribution in [2.45, 2.75) is 18.4 Å². The molecule has 1 aromatic rings. The number of aliphatic imine (C=N–C) groups is 1. The van der Waals surface area contributed by atoms with Crippen LogP contribution in [0, 0.1) is 16.9 Å². The molecular weight excluding hydrogens is 311 g/mol. The van der Waals surface area contributed by atoms with Crippen molar-refractivity contribution in [3.05, 3.63) is 28.3 Å². The van der Waals surface area contributed by atoms with E-state index in [9.17, 15) is 9.60 Å².